The first kappa shape index (κ1) is 14.5. The molecule has 0 aliphatic heterocycles. The fourth-order valence-corrected chi connectivity index (χ4v) is 2.74. The molecule has 3 aromatic rings. The van der Waals surface area contributed by atoms with E-state index in [9.17, 15) is 4.79 Å². The summed E-state index contributed by atoms with van der Waals surface area (Å²) in [6.45, 7) is 0. The molecule has 24 heavy (non-hydrogen) atoms. The number of amides is 1. The topological polar surface area (TPSA) is 81.8 Å². The zero-order valence-electron chi connectivity index (χ0n) is 13.0. The van der Waals surface area contributed by atoms with E-state index in [1.165, 1.54) is 12.8 Å². The predicted molar refractivity (Wildman–Crippen MR) is 91.2 cm³/mol. The summed E-state index contributed by atoms with van der Waals surface area (Å²) in [5, 5.41) is 0. The molecule has 1 saturated carbocycles. The normalized spacial score (nSPS) is 13.7. The maximum absolute atomic E-state index is 11.4. The average Bonchev–Trinajstić information content (AvgIpc) is 3.47. The Kier molecular flexibility index (Phi) is 3.54. The molecule has 0 radical (unpaired) electrons. The lowest BCUT2D eigenvalue weighted by Gasteiger charge is -2.11. The van der Waals surface area contributed by atoms with Crippen molar-refractivity contribution >= 4 is 5.91 Å². The number of carbonyl (C=O) groups excluding carboxylic acids is 1. The number of carbonyl (C=O) groups is 1. The third-order valence-electron chi connectivity index (χ3n) is 4.14. The summed E-state index contributed by atoms with van der Waals surface area (Å²) < 4.78 is 0. The largest absolute Gasteiger partial charge is 0.364 e. The smallest absolute Gasteiger partial charge is 0.267 e. The molecule has 1 aliphatic rings. The third kappa shape index (κ3) is 2.76. The Morgan fingerprint density at radius 2 is 1.92 bits per heavy atom. The molecular weight excluding hydrogens is 300 g/mol. The van der Waals surface area contributed by atoms with Gasteiger partial charge in [0.2, 0.25) is 0 Å². The van der Waals surface area contributed by atoms with E-state index < -0.39 is 5.91 Å². The highest BCUT2D eigenvalue weighted by Crippen LogP contribution is 2.41. The maximum Gasteiger partial charge on any atom is 0.267 e. The summed E-state index contributed by atoms with van der Waals surface area (Å²) in [4.78, 5) is 24.7. The van der Waals surface area contributed by atoms with Crippen molar-refractivity contribution in [2.75, 3.05) is 0 Å². The van der Waals surface area contributed by atoms with Crippen molar-refractivity contribution in [1.82, 2.24) is 15.0 Å². The maximum atomic E-state index is 11.4. The third-order valence-corrected chi connectivity index (χ3v) is 4.14. The standard InChI is InChI=1S/C19H16N4O/c20-19(24)17-11-13(8-10-22-17)14-6-7-15(12-4-5-12)23-18(14)16-3-1-2-9-21-16/h1-3,6-12H,4-5H2,(H2,20,24). The molecule has 3 heterocycles. The Bertz CT molecular complexity index is 904. The van der Waals surface area contributed by atoms with Crippen LogP contribution < -0.4 is 5.73 Å². The molecule has 5 heteroatoms. The van der Waals surface area contributed by atoms with Crippen LogP contribution in [0.15, 0.2) is 54.9 Å². The molecule has 0 saturated heterocycles. The first-order chi connectivity index (χ1) is 11.7. The van der Waals surface area contributed by atoms with Gasteiger partial charge < -0.3 is 5.73 Å². The SMILES string of the molecule is NC(=O)c1cc(-c2ccc(C3CC3)nc2-c2ccccn2)ccn1. The summed E-state index contributed by atoms with van der Waals surface area (Å²) in [6, 6.07) is 13.4. The van der Waals surface area contributed by atoms with Crippen LogP contribution in [0.25, 0.3) is 22.5 Å². The van der Waals surface area contributed by atoms with Gasteiger partial charge >= 0.3 is 0 Å². The van der Waals surface area contributed by atoms with Gasteiger partial charge in [0.15, 0.2) is 0 Å². The molecule has 1 fully saturated rings. The number of rotatable bonds is 4. The average molecular weight is 316 g/mol. The molecule has 1 aliphatic carbocycles. The Balaban J connectivity index is 1.88. The van der Waals surface area contributed by atoms with Crippen LogP contribution >= 0.6 is 0 Å². The van der Waals surface area contributed by atoms with E-state index in [2.05, 4.69) is 16.0 Å². The highest BCUT2D eigenvalue weighted by molar-refractivity contribution is 5.92. The van der Waals surface area contributed by atoms with Crippen LogP contribution in [0.3, 0.4) is 0 Å². The number of primary amides is 1. The minimum absolute atomic E-state index is 0.241. The second-order valence-corrected chi connectivity index (χ2v) is 5.92. The van der Waals surface area contributed by atoms with Crippen LogP contribution in [-0.2, 0) is 0 Å². The van der Waals surface area contributed by atoms with Crippen LogP contribution in [-0.4, -0.2) is 20.9 Å². The van der Waals surface area contributed by atoms with Gasteiger partial charge in [-0.3, -0.25) is 19.7 Å². The molecule has 3 aromatic heterocycles. The monoisotopic (exact) mass is 316 g/mol. The van der Waals surface area contributed by atoms with Gasteiger partial charge in [0, 0.05) is 29.6 Å². The summed E-state index contributed by atoms with van der Waals surface area (Å²) in [6.07, 6.45) is 5.72. The Labute approximate surface area is 139 Å². The lowest BCUT2D eigenvalue weighted by molar-refractivity contribution is 0.0995. The predicted octanol–water partition coefficient (Wildman–Crippen LogP) is 3.18. The second kappa shape index (κ2) is 5.85. The zero-order chi connectivity index (χ0) is 16.5. The van der Waals surface area contributed by atoms with E-state index in [-0.39, 0.29) is 5.69 Å². The van der Waals surface area contributed by atoms with Gasteiger partial charge in [0.05, 0.1) is 11.4 Å². The van der Waals surface area contributed by atoms with Crippen LogP contribution in [0, 0.1) is 0 Å². The van der Waals surface area contributed by atoms with E-state index >= 15 is 0 Å². The van der Waals surface area contributed by atoms with Crippen LogP contribution in [0.4, 0.5) is 0 Å². The Hall–Kier alpha value is -3.08. The van der Waals surface area contributed by atoms with Gasteiger partial charge in [-0.15, -0.1) is 0 Å². The van der Waals surface area contributed by atoms with Gasteiger partial charge in [0.25, 0.3) is 5.91 Å². The van der Waals surface area contributed by atoms with E-state index in [4.69, 9.17) is 10.7 Å². The first-order valence-corrected chi connectivity index (χ1v) is 7.91. The lowest BCUT2D eigenvalue weighted by atomic mass is 10.0. The summed E-state index contributed by atoms with van der Waals surface area (Å²) >= 11 is 0. The number of aromatic nitrogens is 3. The van der Waals surface area contributed by atoms with Gasteiger partial charge in [-0.25, -0.2) is 0 Å². The van der Waals surface area contributed by atoms with Gasteiger partial charge in [-0.05, 0) is 48.7 Å². The molecule has 118 valence electrons. The number of pyridine rings is 3. The van der Waals surface area contributed by atoms with E-state index in [1.807, 2.05) is 30.3 Å². The Morgan fingerprint density at radius 1 is 1.04 bits per heavy atom. The molecule has 0 atom stereocenters. The quantitative estimate of drug-likeness (QED) is 0.801. The van der Waals surface area contributed by atoms with Gasteiger partial charge in [-0.2, -0.15) is 0 Å². The number of nitrogens with two attached hydrogens (primary N) is 1. The molecular formula is C19H16N4O. The van der Waals surface area contributed by atoms with E-state index in [0.717, 1.165) is 28.2 Å². The molecule has 0 unspecified atom stereocenters. The van der Waals surface area contributed by atoms with Crippen LogP contribution in [0.1, 0.15) is 34.9 Å². The van der Waals surface area contributed by atoms with Gasteiger partial charge in [-0.1, -0.05) is 12.1 Å². The Morgan fingerprint density at radius 3 is 2.62 bits per heavy atom. The second-order valence-electron chi connectivity index (χ2n) is 5.92. The molecule has 5 nitrogen and oxygen atoms in total. The minimum Gasteiger partial charge on any atom is -0.364 e. The van der Waals surface area contributed by atoms with Crippen molar-refractivity contribution in [3.8, 4) is 22.5 Å². The molecule has 0 aromatic carbocycles. The zero-order valence-corrected chi connectivity index (χ0v) is 13.0. The lowest BCUT2D eigenvalue weighted by Crippen LogP contribution is -2.12. The number of hydrogen-bond acceptors (Lipinski definition) is 4. The molecule has 0 bridgehead atoms. The molecule has 0 spiro atoms. The number of hydrogen-bond donors (Lipinski definition) is 1. The van der Waals surface area contributed by atoms with Crippen LogP contribution in [0.2, 0.25) is 0 Å². The fourth-order valence-electron chi connectivity index (χ4n) is 2.74. The molecule has 1 amide bonds. The summed E-state index contributed by atoms with van der Waals surface area (Å²) in [5.41, 5.74) is 10.1. The van der Waals surface area contributed by atoms with Crippen molar-refractivity contribution in [3.63, 3.8) is 0 Å². The summed E-state index contributed by atoms with van der Waals surface area (Å²) in [5.74, 6) is 0.0129. The van der Waals surface area contributed by atoms with Crippen molar-refractivity contribution in [1.29, 1.82) is 0 Å². The first-order valence-electron chi connectivity index (χ1n) is 7.91. The summed E-state index contributed by atoms with van der Waals surface area (Å²) in [7, 11) is 0. The van der Waals surface area contributed by atoms with E-state index in [1.54, 1.807) is 18.5 Å². The van der Waals surface area contributed by atoms with Crippen LogP contribution in [0.5, 0.6) is 0 Å². The molecule has 2 N–H and O–H groups in total. The van der Waals surface area contributed by atoms with Gasteiger partial charge in [0.1, 0.15) is 5.69 Å². The van der Waals surface area contributed by atoms with Crippen molar-refractivity contribution in [2.45, 2.75) is 18.8 Å². The number of nitrogens with zero attached hydrogens (tertiary/aromatic N) is 3. The van der Waals surface area contributed by atoms with Crippen molar-refractivity contribution in [2.24, 2.45) is 5.73 Å². The van der Waals surface area contributed by atoms with Crippen molar-refractivity contribution in [3.05, 3.63) is 66.2 Å². The minimum atomic E-state index is -0.543. The van der Waals surface area contributed by atoms with Crippen molar-refractivity contribution < 1.29 is 4.79 Å². The highest BCUT2D eigenvalue weighted by atomic mass is 16.1. The fraction of sp³-hybridized carbons (Fsp3) is 0.158. The van der Waals surface area contributed by atoms with E-state index in [0.29, 0.717) is 5.92 Å². The molecule has 4 rings (SSSR count). The highest BCUT2D eigenvalue weighted by Gasteiger charge is 2.26.